The van der Waals surface area contributed by atoms with E-state index in [1.807, 2.05) is 18.3 Å². The second-order valence-electron chi connectivity index (χ2n) is 8.06. The third-order valence-corrected chi connectivity index (χ3v) is 6.35. The summed E-state index contributed by atoms with van der Waals surface area (Å²) in [6.07, 6.45) is 8.00. The van der Waals surface area contributed by atoms with E-state index in [9.17, 15) is 4.79 Å². The lowest BCUT2D eigenvalue weighted by Crippen LogP contribution is -2.22. The first-order valence-corrected chi connectivity index (χ1v) is 11.0. The minimum atomic E-state index is -0.874. The number of rotatable bonds is 8. The molecule has 0 atom stereocenters. The van der Waals surface area contributed by atoms with Crippen LogP contribution in [0.4, 0.5) is 0 Å². The summed E-state index contributed by atoms with van der Waals surface area (Å²) in [6, 6.07) is 10.2. The lowest BCUT2D eigenvalue weighted by atomic mass is 9.82. The van der Waals surface area contributed by atoms with Crippen LogP contribution in [0.25, 0.3) is 16.6 Å². The molecule has 2 aromatic heterocycles. The molecule has 7 heteroatoms. The molecule has 1 aliphatic carbocycles. The highest BCUT2D eigenvalue weighted by Gasteiger charge is 2.23. The fourth-order valence-corrected chi connectivity index (χ4v) is 4.68. The quantitative estimate of drug-likeness (QED) is 0.498. The van der Waals surface area contributed by atoms with Gasteiger partial charge in [0.2, 0.25) is 0 Å². The number of ether oxygens (including phenoxy) is 2. The van der Waals surface area contributed by atoms with Crippen LogP contribution in [0.2, 0.25) is 5.02 Å². The van der Waals surface area contributed by atoms with Crippen molar-refractivity contribution in [3.05, 3.63) is 58.9 Å². The van der Waals surface area contributed by atoms with E-state index in [4.69, 9.17) is 26.2 Å². The van der Waals surface area contributed by atoms with Crippen molar-refractivity contribution >= 4 is 23.1 Å². The van der Waals surface area contributed by atoms with E-state index < -0.39 is 5.97 Å². The normalized spacial score (nSPS) is 19.0. The van der Waals surface area contributed by atoms with Gasteiger partial charge in [-0.25, -0.2) is 4.52 Å². The van der Waals surface area contributed by atoms with Gasteiger partial charge in [0.05, 0.1) is 37.5 Å². The molecule has 4 rings (SSSR count). The molecule has 0 unspecified atom stereocenters. The molecule has 3 aromatic rings. The summed E-state index contributed by atoms with van der Waals surface area (Å²) in [5.74, 6) is -0.380. The number of pyridine rings is 1. The second-order valence-corrected chi connectivity index (χ2v) is 8.47. The first-order valence-electron chi connectivity index (χ1n) is 10.6. The Kier molecular flexibility index (Phi) is 6.90. The lowest BCUT2D eigenvalue weighted by Gasteiger charge is -2.29. The van der Waals surface area contributed by atoms with Crippen LogP contribution in [0, 0.1) is 0 Å². The molecule has 1 aromatic carbocycles. The van der Waals surface area contributed by atoms with E-state index in [-0.39, 0.29) is 6.42 Å². The van der Waals surface area contributed by atoms with Gasteiger partial charge in [0.1, 0.15) is 0 Å². The van der Waals surface area contributed by atoms with Crippen LogP contribution in [0.5, 0.6) is 0 Å². The van der Waals surface area contributed by atoms with Crippen LogP contribution in [0.15, 0.2) is 42.7 Å². The van der Waals surface area contributed by atoms with Crippen molar-refractivity contribution in [2.75, 3.05) is 20.3 Å². The zero-order valence-electron chi connectivity index (χ0n) is 17.6. The van der Waals surface area contributed by atoms with Crippen molar-refractivity contribution < 1.29 is 19.4 Å². The molecular formula is C24H27ClN2O4. The molecule has 0 bridgehead atoms. The third kappa shape index (κ3) is 5.09. The monoisotopic (exact) mass is 442 g/mol. The number of aromatic nitrogens is 2. The number of benzene rings is 1. The Balaban J connectivity index is 1.49. The number of carbonyl (C=O) groups is 1. The standard InChI is InChI=1S/C24H27ClN2O4/c1-30-10-11-31-20-5-2-16(3-6-20)17-4-7-21(22(25)12-17)18-8-9-27-23(13-18)19(15-26-27)14-24(28)29/h4,7-9,12-13,15-16,20H,2-3,5-6,10-11,14H2,1H3,(H,28,29). The Labute approximate surface area is 186 Å². The minimum absolute atomic E-state index is 0.0581. The second kappa shape index (κ2) is 9.81. The predicted octanol–water partition coefficient (Wildman–Crippen LogP) is 4.97. The number of nitrogens with zero attached hydrogens (tertiary/aromatic N) is 2. The van der Waals surface area contributed by atoms with Gasteiger partial charge < -0.3 is 14.6 Å². The van der Waals surface area contributed by atoms with E-state index in [0.717, 1.165) is 42.3 Å². The molecule has 0 spiro atoms. The molecule has 1 N–H and O–H groups in total. The van der Waals surface area contributed by atoms with Crippen LogP contribution in [0.1, 0.15) is 42.7 Å². The van der Waals surface area contributed by atoms with Crippen molar-refractivity contribution in [1.29, 1.82) is 0 Å². The molecule has 0 aliphatic heterocycles. The fourth-order valence-electron chi connectivity index (χ4n) is 4.38. The van der Waals surface area contributed by atoms with Gasteiger partial charge in [-0.15, -0.1) is 0 Å². The molecule has 2 heterocycles. The summed E-state index contributed by atoms with van der Waals surface area (Å²) in [5, 5.41) is 14.1. The highest BCUT2D eigenvalue weighted by atomic mass is 35.5. The van der Waals surface area contributed by atoms with Gasteiger partial charge >= 0.3 is 5.97 Å². The Hall–Kier alpha value is -2.41. The fraction of sp³-hybridized carbons (Fsp3) is 0.417. The van der Waals surface area contributed by atoms with Crippen LogP contribution < -0.4 is 0 Å². The van der Waals surface area contributed by atoms with E-state index in [1.165, 1.54) is 5.56 Å². The molecule has 164 valence electrons. The summed E-state index contributed by atoms with van der Waals surface area (Å²) in [4.78, 5) is 11.1. The zero-order valence-corrected chi connectivity index (χ0v) is 18.3. The molecule has 0 amide bonds. The van der Waals surface area contributed by atoms with Gasteiger partial charge in [0.25, 0.3) is 0 Å². The largest absolute Gasteiger partial charge is 0.481 e. The molecule has 31 heavy (non-hydrogen) atoms. The first kappa shape index (κ1) is 21.8. The summed E-state index contributed by atoms with van der Waals surface area (Å²) in [7, 11) is 1.69. The van der Waals surface area contributed by atoms with Gasteiger partial charge in [-0.05, 0) is 60.9 Å². The SMILES string of the molecule is COCCOC1CCC(c2ccc(-c3ccn4ncc(CC(=O)O)c4c3)c(Cl)c2)CC1. The van der Waals surface area contributed by atoms with Gasteiger partial charge in [-0.1, -0.05) is 23.7 Å². The van der Waals surface area contributed by atoms with Crippen LogP contribution in [-0.2, 0) is 20.7 Å². The molecular weight excluding hydrogens is 416 g/mol. The maximum Gasteiger partial charge on any atom is 0.307 e. The Morgan fingerprint density at radius 1 is 1.19 bits per heavy atom. The van der Waals surface area contributed by atoms with E-state index >= 15 is 0 Å². The number of carboxylic acid groups (broad SMARTS) is 1. The Bertz CT molecular complexity index is 1060. The van der Waals surface area contributed by atoms with Crippen LogP contribution >= 0.6 is 11.6 Å². The van der Waals surface area contributed by atoms with E-state index in [1.54, 1.807) is 17.8 Å². The maximum absolute atomic E-state index is 11.1. The minimum Gasteiger partial charge on any atom is -0.481 e. The number of hydrogen-bond donors (Lipinski definition) is 1. The number of carboxylic acids is 1. The predicted molar refractivity (Wildman–Crippen MR) is 120 cm³/mol. The average molecular weight is 443 g/mol. The van der Waals surface area contributed by atoms with Crippen LogP contribution in [-0.4, -0.2) is 47.1 Å². The van der Waals surface area contributed by atoms with Gasteiger partial charge in [-0.3, -0.25) is 4.79 Å². The zero-order chi connectivity index (χ0) is 21.8. The molecule has 6 nitrogen and oxygen atoms in total. The van der Waals surface area contributed by atoms with Gasteiger partial charge in [0, 0.05) is 29.5 Å². The van der Waals surface area contributed by atoms with Crippen molar-refractivity contribution in [1.82, 2.24) is 9.61 Å². The Morgan fingerprint density at radius 3 is 2.71 bits per heavy atom. The maximum atomic E-state index is 11.1. The highest BCUT2D eigenvalue weighted by molar-refractivity contribution is 6.33. The van der Waals surface area contributed by atoms with Gasteiger partial charge in [0.15, 0.2) is 0 Å². The topological polar surface area (TPSA) is 73.1 Å². The summed E-state index contributed by atoms with van der Waals surface area (Å²) < 4.78 is 12.6. The number of hydrogen-bond acceptors (Lipinski definition) is 4. The van der Waals surface area contributed by atoms with Crippen molar-refractivity contribution in [2.24, 2.45) is 0 Å². The first-order chi connectivity index (χ1) is 15.0. The van der Waals surface area contributed by atoms with Crippen molar-refractivity contribution in [2.45, 2.75) is 44.1 Å². The number of methoxy groups -OCH3 is 1. The average Bonchev–Trinajstić information content (AvgIpc) is 3.16. The summed E-state index contributed by atoms with van der Waals surface area (Å²) >= 11 is 6.69. The Morgan fingerprint density at radius 2 is 2.00 bits per heavy atom. The van der Waals surface area contributed by atoms with Crippen molar-refractivity contribution in [3.63, 3.8) is 0 Å². The number of halogens is 1. The highest BCUT2D eigenvalue weighted by Crippen LogP contribution is 2.38. The number of aliphatic carboxylic acids is 1. The summed E-state index contributed by atoms with van der Waals surface area (Å²) in [5.41, 5.74) is 4.62. The molecule has 1 fully saturated rings. The van der Waals surface area contributed by atoms with E-state index in [0.29, 0.717) is 35.8 Å². The van der Waals surface area contributed by atoms with Crippen molar-refractivity contribution in [3.8, 4) is 11.1 Å². The molecule has 1 aliphatic rings. The number of fused-ring (bicyclic) bond motifs is 1. The molecule has 0 saturated heterocycles. The molecule has 1 saturated carbocycles. The smallest absolute Gasteiger partial charge is 0.307 e. The van der Waals surface area contributed by atoms with Gasteiger partial charge in [-0.2, -0.15) is 5.10 Å². The molecule has 0 radical (unpaired) electrons. The lowest BCUT2D eigenvalue weighted by molar-refractivity contribution is -0.136. The third-order valence-electron chi connectivity index (χ3n) is 6.03. The van der Waals surface area contributed by atoms with E-state index in [2.05, 4.69) is 23.3 Å². The summed E-state index contributed by atoms with van der Waals surface area (Å²) in [6.45, 7) is 1.29. The van der Waals surface area contributed by atoms with Crippen LogP contribution in [0.3, 0.4) is 0 Å².